The van der Waals surface area contributed by atoms with Gasteiger partial charge >= 0.3 is 6.03 Å². The number of amides is 2. The molecular weight excluding hydrogens is 286 g/mol. The second kappa shape index (κ2) is 8.33. The first-order valence-electron chi connectivity index (χ1n) is 7.33. The van der Waals surface area contributed by atoms with Gasteiger partial charge in [0.1, 0.15) is 0 Å². The molecular formula is C15H23N3O4. The maximum Gasteiger partial charge on any atom is 0.319 e. The molecule has 0 saturated heterocycles. The van der Waals surface area contributed by atoms with Gasteiger partial charge in [0.2, 0.25) is 0 Å². The van der Waals surface area contributed by atoms with E-state index in [4.69, 9.17) is 0 Å². The van der Waals surface area contributed by atoms with Crippen molar-refractivity contribution >= 4 is 17.4 Å². The highest BCUT2D eigenvalue weighted by Crippen LogP contribution is 2.23. The second-order valence-electron chi connectivity index (χ2n) is 5.48. The molecule has 7 heteroatoms. The number of rotatable bonds is 7. The molecule has 7 nitrogen and oxygen atoms in total. The van der Waals surface area contributed by atoms with E-state index in [1.54, 1.807) is 19.1 Å². The third kappa shape index (κ3) is 5.69. The predicted octanol–water partition coefficient (Wildman–Crippen LogP) is 2.69. The van der Waals surface area contributed by atoms with Gasteiger partial charge in [-0.15, -0.1) is 0 Å². The topological polar surface area (TPSA) is 104 Å². The lowest BCUT2D eigenvalue weighted by atomic mass is 10.1. The van der Waals surface area contributed by atoms with Crippen LogP contribution < -0.4 is 10.6 Å². The third-order valence-electron chi connectivity index (χ3n) is 3.28. The lowest BCUT2D eigenvalue weighted by Crippen LogP contribution is -2.33. The average molecular weight is 309 g/mol. The van der Waals surface area contributed by atoms with Gasteiger partial charge in [0.25, 0.3) is 5.69 Å². The average Bonchev–Trinajstić information content (AvgIpc) is 2.44. The third-order valence-corrected chi connectivity index (χ3v) is 3.28. The van der Waals surface area contributed by atoms with E-state index in [0.29, 0.717) is 30.6 Å². The van der Waals surface area contributed by atoms with Gasteiger partial charge in [0.05, 0.1) is 11.0 Å². The van der Waals surface area contributed by atoms with Gasteiger partial charge in [-0.25, -0.2) is 4.79 Å². The Labute approximate surface area is 129 Å². The number of carbonyl (C=O) groups excluding carboxylic acids is 1. The van der Waals surface area contributed by atoms with Crippen molar-refractivity contribution in [3.05, 3.63) is 33.9 Å². The van der Waals surface area contributed by atoms with Crippen LogP contribution in [0.3, 0.4) is 0 Å². The van der Waals surface area contributed by atoms with Crippen LogP contribution in [-0.2, 0) is 6.42 Å². The largest absolute Gasteiger partial charge is 0.393 e. The number of benzene rings is 1. The van der Waals surface area contributed by atoms with Gasteiger partial charge in [0.15, 0.2) is 0 Å². The van der Waals surface area contributed by atoms with Crippen LogP contribution in [0, 0.1) is 16.0 Å². The highest BCUT2D eigenvalue weighted by molar-refractivity contribution is 5.89. The van der Waals surface area contributed by atoms with Crippen LogP contribution in [0.15, 0.2) is 18.2 Å². The van der Waals surface area contributed by atoms with Crippen LogP contribution in [-0.4, -0.2) is 28.7 Å². The number of aliphatic hydroxyl groups excluding tert-OH is 1. The van der Waals surface area contributed by atoms with E-state index in [0.717, 1.165) is 0 Å². The van der Waals surface area contributed by atoms with Crippen molar-refractivity contribution in [3.8, 4) is 0 Å². The summed E-state index contributed by atoms with van der Waals surface area (Å²) in [5.74, 6) is 0.141. The summed E-state index contributed by atoms with van der Waals surface area (Å²) in [6, 6.07) is 4.22. The molecule has 2 amide bonds. The Hall–Kier alpha value is -2.15. The minimum Gasteiger partial charge on any atom is -0.393 e. The Kier molecular flexibility index (Phi) is 6.78. The summed E-state index contributed by atoms with van der Waals surface area (Å²) in [6.45, 7) is 5.89. The molecule has 0 bridgehead atoms. The van der Waals surface area contributed by atoms with Crippen LogP contribution in [0.4, 0.5) is 16.2 Å². The minimum absolute atomic E-state index is 0.00257. The van der Waals surface area contributed by atoms with Gasteiger partial charge in [-0.3, -0.25) is 10.1 Å². The van der Waals surface area contributed by atoms with E-state index >= 15 is 0 Å². The standard InChI is InChI=1S/C15H23N3O4/c1-4-12-5-6-13(8-14(12)18(21)22)17-15(20)16-9-10(2)7-11(3)19/h5-6,8,10-11,19H,4,7,9H2,1-3H3,(H2,16,17,20). The number of aliphatic hydroxyl groups is 1. The highest BCUT2D eigenvalue weighted by atomic mass is 16.6. The maximum atomic E-state index is 11.8. The summed E-state index contributed by atoms with van der Waals surface area (Å²) in [5.41, 5.74) is 1.01. The molecule has 0 aliphatic rings. The van der Waals surface area contributed by atoms with Gasteiger partial charge in [-0.05, 0) is 31.7 Å². The molecule has 0 radical (unpaired) electrons. The summed E-state index contributed by atoms with van der Waals surface area (Å²) in [7, 11) is 0. The SMILES string of the molecule is CCc1ccc(NC(=O)NCC(C)CC(C)O)cc1[N+](=O)[O-]. The second-order valence-corrected chi connectivity index (χ2v) is 5.48. The highest BCUT2D eigenvalue weighted by Gasteiger charge is 2.14. The lowest BCUT2D eigenvalue weighted by Gasteiger charge is -2.14. The Morgan fingerprint density at radius 1 is 1.41 bits per heavy atom. The fraction of sp³-hybridized carbons (Fsp3) is 0.533. The molecule has 1 aromatic rings. The molecule has 0 fully saturated rings. The zero-order valence-corrected chi connectivity index (χ0v) is 13.1. The van der Waals surface area contributed by atoms with Gasteiger partial charge in [-0.1, -0.05) is 19.9 Å². The number of hydrogen-bond donors (Lipinski definition) is 3. The van der Waals surface area contributed by atoms with Crippen LogP contribution in [0.1, 0.15) is 32.8 Å². The van der Waals surface area contributed by atoms with Crippen molar-refractivity contribution < 1.29 is 14.8 Å². The summed E-state index contributed by atoms with van der Waals surface area (Å²) in [5, 5.41) is 25.5. The first kappa shape index (κ1) is 17.9. The first-order chi connectivity index (χ1) is 10.3. The molecule has 0 aliphatic carbocycles. The zero-order valence-electron chi connectivity index (χ0n) is 13.1. The molecule has 0 saturated carbocycles. The number of nitrogens with zero attached hydrogens (tertiary/aromatic N) is 1. The molecule has 122 valence electrons. The molecule has 1 aromatic carbocycles. The number of anilines is 1. The van der Waals surface area contributed by atoms with Crippen molar-refractivity contribution in [1.29, 1.82) is 0 Å². The molecule has 0 aromatic heterocycles. The number of hydrogen-bond acceptors (Lipinski definition) is 4. The molecule has 0 spiro atoms. The fourth-order valence-corrected chi connectivity index (χ4v) is 2.22. The number of aryl methyl sites for hydroxylation is 1. The summed E-state index contributed by atoms with van der Waals surface area (Å²) >= 11 is 0. The lowest BCUT2D eigenvalue weighted by molar-refractivity contribution is -0.385. The molecule has 1 rings (SSSR count). The molecule has 3 N–H and O–H groups in total. The van der Waals surface area contributed by atoms with Crippen LogP contribution in [0.25, 0.3) is 0 Å². The Morgan fingerprint density at radius 2 is 2.09 bits per heavy atom. The van der Waals surface area contributed by atoms with Crippen molar-refractivity contribution in [2.45, 2.75) is 39.7 Å². The Balaban J connectivity index is 2.61. The molecule has 22 heavy (non-hydrogen) atoms. The van der Waals surface area contributed by atoms with Crippen molar-refractivity contribution in [2.24, 2.45) is 5.92 Å². The molecule has 0 aliphatic heterocycles. The predicted molar refractivity (Wildman–Crippen MR) is 85.0 cm³/mol. The van der Waals surface area contributed by atoms with Gasteiger partial charge in [-0.2, -0.15) is 0 Å². The van der Waals surface area contributed by atoms with Gasteiger partial charge < -0.3 is 15.7 Å². The Bertz CT molecular complexity index is 532. The molecule has 2 unspecified atom stereocenters. The van der Waals surface area contributed by atoms with Crippen molar-refractivity contribution in [3.63, 3.8) is 0 Å². The monoisotopic (exact) mass is 309 g/mol. The van der Waals surface area contributed by atoms with E-state index in [9.17, 15) is 20.0 Å². The fourth-order valence-electron chi connectivity index (χ4n) is 2.22. The van der Waals surface area contributed by atoms with E-state index < -0.39 is 17.1 Å². The quantitative estimate of drug-likeness (QED) is 0.532. The van der Waals surface area contributed by atoms with E-state index in [2.05, 4.69) is 10.6 Å². The van der Waals surface area contributed by atoms with Crippen LogP contribution >= 0.6 is 0 Å². The molecule has 0 heterocycles. The van der Waals surface area contributed by atoms with E-state index in [-0.39, 0.29) is 11.6 Å². The first-order valence-corrected chi connectivity index (χ1v) is 7.33. The smallest absolute Gasteiger partial charge is 0.319 e. The van der Waals surface area contributed by atoms with Crippen LogP contribution in [0.2, 0.25) is 0 Å². The zero-order chi connectivity index (χ0) is 16.7. The maximum absolute atomic E-state index is 11.8. The summed E-state index contributed by atoms with van der Waals surface area (Å²) in [4.78, 5) is 22.3. The number of urea groups is 1. The van der Waals surface area contributed by atoms with E-state index in [1.807, 2.05) is 13.8 Å². The van der Waals surface area contributed by atoms with E-state index in [1.165, 1.54) is 6.07 Å². The summed E-state index contributed by atoms with van der Waals surface area (Å²) < 4.78 is 0. The van der Waals surface area contributed by atoms with Crippen molar-refractivity contribution in [1.82, 2.24) is 5.32 Å². The number of nitro benzene ring substituents is 1. The minimum atomic E-state index is -0.452. The summed E-state index contributed by atoms with van der Waals surface area (Å²) in [6.07, 6.45) is 0.737. The molecule has 2 atom stereocenters. The van der Waals surface area contributed by atoms with Gasteiger partial charge in [0, 0.05) is 23.9 Å². The van der Waals surface area contributed by atoms with Crippen molar-refractivity contribution in [2.75, 3.05) is 11.9 Å². The normalized spacial score (nSPS) is 13.3. The Morgan fingerprint density at radius 3 is 2.64 bits per heavy atom. The number of carbonyl (C=O) groups is 1. The van der Waals surface area contributed by atoms with Crippen LogP contribution in [0.5, 0.6) is 0 Å². The number of nitro groups is 1. The number of nitrogens with one attached hydrogen (secondary N) is 2.